The average molecular weight is 275 g/mol. The van der Waals surface area contributed by atoms with Crippen molar-refractivity contribution in [2.75, 3.05) is 19.0 Å². The number of aliphatic hydroxyl groups is 1. The van der Waals surface area contributed by atoms with E-state index in [4.69, 9.17) is 4.74 Å². The molecule has 0 amide bonds. The second-order valence-electron chi connectivity index (χ2n) is 4.62. The van der Waals surface area contributed by atoms with E-state index in [1.54, 1.807) is 19.6 Å². The van der Waals surface area contributed by atoms with E-state index in [1.165, 1.54) is 0 Å². The average Bonchev–Trinajstić information content (AvgIpc) is 2.93. The fourth-order valence-electron chi connectivity index (χ4n) is 2.18. The lowest BCUT2D eigenvalue weighted by atomic mass is 10.2. The number of aryl methyl sites for hydroxylation is 1. The molecule has 0 aliphatic heterocycles. The van der Waals surface area contributed by atoms with Crippen molar-refractivity contribution in [2.24, 2.45) is 0 Å². The Bertz CT molecular complexity index is 539. The van der Waals surface area contributed by atoms with Gasteiger partial charge < -0.3 is 19.7 Å². The second kappa shape index (κ2) is 6.96. The Morgan fingerprint density at radius 1 is 1.45 bits per heavy atom. The van der Waals surface area contributed by atoms with Crippen molar-refractivity contribution in [2.45, 2.75) is 25.9 Å². The highest BCUT2D eigenvalue weighted by molar-refractivity contribution is 5.49. The van der Waals surface area contributed by atoms with Crippen LogP contribution in [0, 0.1) is 0 Å². The number of aromatic nitrogens is 2. The number of benzene rings is 1. The van der Waals surface area contributed by atoms with Crippen molar-refractivity contribution in [3.63, 3.8) is 0 Å². The maximum absolute atomic E-state index is 9.64. The molecule has 1 aromatic heterocycles. The van der Waals surface area contributed by atoms with Crippen LogP contribution in [0.3, 0.4) is 0 Å². The maximum Gasteiger partial charge on any atom is 0.120 e. The molecule has 0 fully saturated rings. The first-order chi connectivity index (χ1) is 9.78. The molecule has 20 heavy (non-hydrogen) atoms. The first-order valence-corrected chi connectivity index (χ1v) is 6.80. The summed E-state index contributed by atoms with van der Waals surface area (Å²) in [6, 6.07) is 7.48. The van der Waals surface area contributed by atoms with Crippen molar-refractivity contribution in [3.8, 4) is 5.75 Å². The summed E-state index contributed by atoms with van der Waals surface area (Å²) >= 11 is 0. The molecule has 0 aliphatic rings. The van der Waals surface area contributed by atoms with Crippen molar-refractivity contribution < 1.29 is 9.84 Å². The Labute approximate surface area is 119 Å². The number of hydrogen-bond acceptors (Lipinski definition) is 4. The van der Waals surface area contributed by atoms with E-state index in [-0.39, 0.29) is 12.6 Å². The monoisotopic (exact) mass is 275 g/mol. The number of ether oxygens (including phenoxy) is 1. The SMILES string of the molecule is CCCn1cncc1C(CO)Nc1cccc(OC)c1. The standard InChI is InChI=1S/C15H21N3O2/c1-3-7-18-11-16-9-15(18)14(10-19)17-12-5-4-6-13(8-12)20-2/h4-6,8-9,11,14,17,19H,3,7,10H2,1-2H3. The third-order valence-corrected chi connectivity index (χ3v) is 3.16. The molecule has 1 heterocycles. The summed E-state index contributed by atoms with van der Waals surface area (Å²) in [7, 11) is 1.64. The van der Waals surface area contributed by atoms with E-state index >= 15 is 0 Å². The smallest absolute Gasteiger partial charge is 0.120 e. The first-order valence-electron chi connectivity index (χ1n) is 6.80. The van der Waals surface area contributed by atoms with Crippen molar-refractivity contribution in [1.29, 1.82) is 0 Å². The number of aliphatic hydroxyl groups excluding tert-OH is 1. The van der Waals surface area contributed by atoms with Gasteiger partial charge in [0.15, 0.2) is 0 Å². The van der Waals surface area contributed by atoms with Crippen LogP contribution in [0.2, 0.25) is 0 Å². The van der Waals surface area contributed by atoms with E-state index in [2.05, 4.69) is 21.8 Å². The van der Waals surface area contributed by atoms with Crippen LogP contribution in [0.15, 0.2) is 36.8 Å². The summed E-state index contributed by atoms with van der Waals surface area (Å²) in [6.07, 6.45) is 4.62. The molecule has 1 atom stereocenters. The van der Waals surface area contributed by atoms with Gasteiger partial charge in [-0.15, -0.1) is 0 Å². The Morgan fingerprint density at radius 2 is 2.30 bits per heavy atom. The summed E-state index contributed by atoms with van der Waals surface area (Å²) in [6.45, 7) is 3.02. The molecule has 5 heteroatoms. The Morgan fingerprint density at radius 3 is 3.00 bits per heavy atom. The van der Waals surface area contributed by atoms with Gasteiger partial charge in [0.05, 0.1) is 38.0 Å². The van der Waals surface area contributed by atoms with Crippen LogP contribution in [0.5, 0.6) is 5.75 Å². The molecule has 0 bridgehead atoms. The van der Waals surface area contributed by atoms with Gasteiger partial charge in [0.2, 0.25) is 0 Å². The number of hydrogen-bond donors (Lipinski definition) is 2. The Kier molecular flexibility index (Phi) is 5.01. The molecule has 0 saturated carbocycles. The molecule has 5 nitrogen and oxygen atoms in total. The van der Waals surface area contributed by atoms with Crippen LogP contribution in [-0.4, -0.2) is 28.4 Å². The summed E-state index contributed by atoms with van der Waals surface area (Å²) in [5, 5.41) is 13.0. The summed E-state index contributed by atoms with van der Waals surface area (Å²) in [4.78, 5) is 4.17. The molecule has 2 rings (SSSR count). The number of nitrogens with one attached hydrogen (secondary N) is 1. The minimum atomic E-state index is -0.184. The van der Waals surface area contributed by atoms with Gasteiger partial charge in [-0.1, -0.05) is 13.0 Å². The molecule has 108 valence electrons. The van der Waals surface area contributed by atoms with Crippen LogP contribution >= 0.6 is 0 Å². The zero-order valence-corrected chi connectivity index (χ0v) is 11.9. The van der Waals surface area contributed by atoms with E-state index in [9.17, 15) is 5.11 Å². The number of methoxy groups -OCH3 is 1. The molecule has 0 saturated heterocycles. The third-order valence-electron chi connectivity index (χ3n) is 3.16. The van der Waals surface area contributed by atoms with E-state index in [1.807, 2.05) is 24.3 Å². The van der Waals surface area contributed by atoms with Gasteiger partial charge in [0.1, 0.15) is 5.75 Å². The molecule has 2 N–H and O–H groups in total. The highest BCUT2D eigenvalue weighted by Crippen LogP contribution is 2.22. The number of imidazole rings is 1. The first kappa shape index (κ1) is 14.4. The number of rotatable bonds is 7. The van der Waals surface area contributed by atoms with Crippen LogP contribution in [-0.2, 0) is 6.54 Å². The van der Waals surface area contributed by atoms with E-state index in [0.29, 0.717) is 0 Å². The van der Waals surface area contributed by atoms with Crippen LogP contribution in [0.4, 0.5) is 5.69 Å². The van der Waals surface area contributed by atoms with Gasteiger partial charge in [-0.3, -0.25) is 0 Å². The van der Waals surface area contributed by atoms with Crippen molar-refractivity contribution in [1.82, 2.24) is 9.55 Å². The quantitative estimate of drug-likeness (QED) is 0.815. The lowest BCUT2D eigenvalue weighted by molar-refractivity contribution is 0.271. The maximum atomic E-state index is 9.64. The molecule has 2 aromatic rings. The van der Waals surface area contributed by atoms with Crippen LogP contribution in [0.1, 0.15) is 25.1 Å². The highest BCUT2D eigenvalue weighted by atomic mass is 16.5. The molecule has 0 spiro atoms. The van der Waals surface area contributed by atoms with E-state index < -0.39 is 0 Å². The van der Waals surface area contributed by atoms with Gasteiger partial charge in [0.25, 0.3) is 0 Å². The molecular formula is C15H21N3O2. The normalized spacial score (nSPS) is 12.2. The fourth-order valence-corrected chi connectivity index (χ4v) is 2.18. The third kappa shape index (κ3) is 3.30. The van der Waals surface area contributed by atoms with E-state index in [0.717, 1.165) is 30.1 Å². The van der Waals surface area contributed by atoms with Crippen molar-refractivity contribution >= 4 is 5.69 Å². The number of anilines is 1. The lowest BCUT2D eigenvalue weighted by Crippen LogP contribution is -2.18. The van der Waals surface area contributed by atoms with Gasteiger partial charge in [-0.05, 0) is 18.6 Å². The predicted molar refractivity (Wildman–Crippen MR) is 79.0 cm³/mol. The van der Waals surface area contributed by atoms with Crippen LogP contribution < -0.4 is 10.1 Å². The molecule has 1 unspecified atom stereocenters. The summed E-state index contributed by atoms with van der Waals surface area (Å²) in [5.41, 5.74) is 1.89. The fraction of sp³-hybridized carbons (Fsp3) is 0.400. The van der Waals surface area contributed by atoms with Gasteiger partial charge in [-0.2, -0.15) is 0 Å². The second-order valence-corrected chi connectivity index (χ2v) is 4.62. The van der Waals surface area contributed by atoms with Gasteiger partial charge in [0, 0.05) is 18.3 Å². The Hall–Kier alpha value is -2.01. The zero-order chi connectivity index (χ0) is 14.4. The molecular weight excluding hydrogens is 254 g/mol. The zero-order valence-electron chi connectivity index (χ0n) is 11.9. The Balaban J connectivity index is 2.17. The minimum Gasteiger partial charge on any atom is -0.497 e. The summed E-state index contributed by atoms with van der Waals surface area (Å²) in [5.74, 6) is 0.786. The topological polar surface area (TPSA) is 59.3 Å². The van der Waals surface area contributed by atoms with Gasteiger partial charge in [-0.25, -0.2) is 4.98 Å². The minimum absolute atomic E-state index is 0.00656. The molecule has 1 aromatic carbocycles. The summed E-state index contributed by atoms with van der Waals surface area (Å²) < 4.78 is 7.27. The molecule has 0 aliphatic carbocycles. The predicted octanol–water partition coefficient (Wildman–Crippen LogP) is 2.45. The van der Waals surface area contributed by atoms with Gasteiger partial charge >= 0.3 is 0 Å². The van der Waals surface area contributed by atoms with Crippen molar-refractivity contribution in [3.05, 3.63) is 42.5 Å². The largest absolute Gasteiger partial charge is 0.497 e. The number of nitrogens with zero attached hydrogens (tertiary/aromatic N) is 2. The molecule has 0 radical (unpaired) electrons. The highest BCUT2D eigenvalue weighted by Gasteiger charge is 2.15. The van der Waals surface area contributed by atoms with Crippen LogP contribution in [0.25, 0.3) is 0 Å². The lowest BCUT2D eigenvalue weighted by Gasteiger charge is -2.19.